The van der Waals surface area contributed by atoms with Crippen LogP contribution in [0.25, 0.3) is 0 Å². The molecule has 1 aliphatic heterocycles. The minimum atomic E-state index is -4.65. The molecule has 2 atom stereocenters. The van der Waals surface area contributed by atoms with Gasteiger partial charge in [-0.1, -0.05) is 26.0 Å². The predicted molar refractivity (Wildman–Crippen MR) is 79.5 cm³/mol. The van der Waals surface area contributed by atoms with Crippen LogP contribution in [0.15, 0.2) is 24.3 Å². The van der Waals surface area contributed by atoms with E-state index in [2.05, 4.69) is 30.4 Å². The van der Waals surface area contributed by atoms with Gasteiger partial charge in [0.05, 0.1) is 0 Å². The van der Waals surface area contributed by atoms with E-state index in [1.807, 2.05) is 0 Å². The quantitative estimate of drug-likeness (QED) is 0.924. The Balaban J connectivity index is 2.05. The van der Waals surface area contributed by atoms with Crippen LogP contribution >= 0.6 is 0 Å². The summed E-state index contributed by atoms with van der Waals surface area (Å²) in [6.07, 6.45) is -3.73. The third-order valence-corrected chi connectivity index (χ3v) is 4.49. The first-order chi connectivity index (χ1) is 10.1. The van der Waals surface area contributed by atoms with Gasteiger partial charge in [0.25, 0.3) is 0 Å². The summed E-state index contributed by atoms with van der Waals surface area (Å²) < 4.78 is 40.4. The highest BCUT2D eigenvalue weighted by Gasteiger charge is 2.35. The fraction of sp³-hybridized carbons (Fsp3) is 0.625. The van der Waals surface area contributed by atoms with Crippen molar-refractivity contribution in [1.82, 2.24) is 4.90 Å². The molecular formula is C16H23F3N2O. The van der Waals surface area contributed by atoms with E-state index >= 15 is 0 Å². The van der Waals surface area contributed by atoms with E-state index in [0.717, 1.165) is 25.1 Å². The molecule has 124 valence electrons. The van der Waals surface area contributed by atoms with Crippen molar-refractivity contribution in [3.05, 3.63) is 29.8 Å². The Hall–Kier alpha value is -1.27. The summed E-state index contributed by atoms with van der Waals surface area (Å²) in [5, 5.41) is 0. The second-order valence-corrected chi connectivity index (χ2v) is 6.65. The van der Waals surface area contributed by atoms with E-state index in [4.69, 9.17) is 5.73 Å². The van der Waals surface area contributed by atoms with Crippen LogP contribution in [-0.2, 0) is 0 Å². The first-order valence-electron chi connectivity index (χ1n) is 7.44. The second kappa shape index (κ2) is 6.08. The Kier molecular flexibility index (Phi) is 4.73. The molecule has 0 aromatic heterocycles. The average molecular weight is 316 g/mol. The number of ether oxygens (including phenoxy) is 1. The number of hydrogen-bond donors (Lipinski definition) is 1. The van der Waals surface area contributed by atoms with Crippen molar-refractivity contribution in [3.63, 3.8) is 0 Å². The third-order valence-electron chi connectivity index (χ3n) is 4.49. The largest absolute Gasteiger partial charge is 0.573 e. The van der Waals surface area contributed by atoms with Gasteiger partial charge in [-0.05, 0) is 36.5 Å². The molecule has 0 bridgehead atoms. The Morgan fingerprint density at radius 3 is 2.36 bits per heavy atom. The molecule has 0 radical (unpaired) electrons. The van der Waals surface area contributed by atoms with Crippen LogP contribution in [0.4, 0.5) is 13.2 Å². The zero-order valence-corrected chi connectivity index (χ0v) is 13.2. The molecule has 6 heteroatoms. The maximum Gasteiger partial charge on any atom is 0.573 e. The molecule has 2 N–H and O–H groups in total. The van der Waals surface area contributed by atoms with Crippen LogP contribution in [0.3, 0.4) is 0 Å². The van der Waals surface area contributed by atoms with Gasteiger partial charge in [-0.3, -0.25) is 4.90 Å². The standard InChI is InChI=1S/C16H23F3N2O/c1-11(21-9-8-14(20)15(2,3)10-21)12-4-6-13(7-5-12)22-16(17,18)19/h4-7,11,14H,8-10,20H2,1-3H3. The topological polar surface area (TPSA) is 38.5 Å². The third kappa shape index (κ3) is 4.14. The molecule has 2 rings (SSSR count). The van der Waals surface area contributed by atoms with E-state index < -0.39 is 6.36 Å². The molecule has 2 unspecified atom stereocenters. The Morgan fingerprint density at radius 2 is 1.86 bits per heavy atom. The van der Waals surface area contributed by atoms with Gasteiger partial charge in [-0.2, -0.15) is 0 Å². The van der Waals surface area contributed by atoms with Crippen LogP contribution in [0.2, 0.25) is 0 Å². The fourth-order valence-electron chi connectivity index (χ4n) is 2.90. The fourth-order valence-corrected chi connectivity index (χ4v) is 2.90. The molecule has 1 heterocycles. The smallest absolute Gasteiger partial charge is 0.406 e. The van der Waals surface area contributed by atoms with E-state index in [-0.39, 0.29) is 23.2 Å². The minimum absolute atomic E-state index is 0.0336. The van der Waals surface area contributed by atoms with Crippen LogP contribution in [0, 0.1) is 5.41 Å². The van der Waals surface area contributed by atoms with Crippen molar-refractivity contribution in [2.24, 2.45) is 11.1 Å². The first kappa shape index (κ1) is 17.1. The summed E-state index contributed by atoms with van der Waals surface area (Å²) in [6.45, 7) is 8.13. The number of alkyl halides is 3. The highest BCUT2D eigenvalue weighted by atomic mass is 19.4. The van der Waals surface area contributed by atoms with E-state index in [9.17, 15) is 13.2 Å². The normalized spacial score (nSPS) is 24.0. The number of likely N-dealkylation sites (tertiary alicyclic amines) is 1. The number of piperidine rings is 1. The van der Waals surface area contributed by atoms with Crippen molar-refractivity contribution in [3.8, 4) is 5.75 Å². The van der Waals surface area contributed by atoms with Crippen molar-refractivity contribution in [1.29, 1.82) is 0 Å². The maximum absolute atomic E-state index is 12.2. The molecule has 3 nitrogen and oxygen atoms in total. The Labute approximate surface area is 129 Å². The minimum Gasteiger partial charge on any atom is -0.406 e. The van der Waals surface area contributed by atoms with Crippen molar-refractivity contribution in [2.75, 3.05) is 13.1 Å². The van der Waals surface area contributed by atoms with Crippen molar-refractivity contribution in [2.45, 2.75) is 45.6 Å². The summed E-state index contributed by atoms with van der Waals surface area (Å²) in [7, 11) is 0. The molecule has 0 amide bonds. The number of benzene rings is 1. The summed E-state index contributed by atoms with van der Waals surface area (Å²) >= 11 is 0. The lowest BCUT2D eigenvalue weighted by atomic mass is 9.79. The lowest BCUT2D eigenvalue weighted by molar-refractivity contribution is -0.274. The van der Waals surface area contributed by atoms with Gasteiger partial charge in [0, 0.05) is 25.2 Å². The Morgan fingerprint density at radius 1 is 1.27 bits per heavy atom. The lowest BCUT2D eigenvalue weighted by Gasteiger charge is -2.45. The summed E-state index contributed by atoms with van der Waals surface area (Å²) in [4.78, 5) is 2.32. The second-order valence-electron chi connectivity index (χ2n) is 6.65. The first-order valence-corrected chi connectivity index (χ1v) is 7.44. The Bertz CT molecular complexity index is 499. The SMILES string of the molecule is CC(c1ccc(OC(F)(F)F)cc1)N1CCC(N)C(C)(C)C1. The van der Waals surface area contributed by atoms with E-state index in [1.165, 1.54) is 12.1 Å². The molecule has 1 fully saturated rings. The number of hydrogen-bond acceptors (Lipinski definition) is 3. The van der Waals surface area contributed by atoms with Crippen LogP contribution in [-0.4, -0.2) is 30.4 Å². The highest BCUT2D eigenvalue weighted by Crippen LogP contribution is 2.33. The zero-order chi connectivity index (χ0) is 16.5. The number of rotatable bonds is 3. The average Bonchev–Trinajstić information content (AvgIpc) is 2.40. The van der Waals surface area contributed by atoms with Crippen LogP contribution in [0.5, 0.6) is 5.75 Å². The van der Waals surface area contributed by atoms with Crippen LogP contribution in [0.1, 0.15) is 38.8 Å². The van der Waals surface area contributed by atoms with Gasteiger partial charge in [-0.15, -0.1) is 13.2 Å². The van der Waals surface area contributed by atoms with Gasteiger partial charge in [0.2, 0.25) is 0 Å². The van der Waals surface area contributed by atoms with Crippen molar-refractivity contribution >= 4 is 0 Å². The van der Waals surface area contributed by atoms with E-state index in [1.54, 1.807) is 12.1 Å². The van der Waals surface area contributed by atoms with Gasteiger partial charge in [-0.25, -0.2) is 0 Å². The van der Waals surface area contributed by atoms with E-state index in [0.29, 0.717) is 0 Å². The van der Waals surface area contributed by atoms with Gasteiger partial charge < -0.3 is 10.5 Å². The molecule has 1 aromatic carbocycles. The summed E-state index contributed by atoms with van der Waals surface area (Å²) in [5.41, 5.74) is 7.15. The monoisotopic (exact) mass is 316 g/mol. The van der Waals surface area contributed by atoms with Gasteiger partial charge in [0.15, 0.2) is 0 Å². The summed E-state index contributed by atoms with van der Waals surface area (Å²) in [5.74, 6) is -0.190. The molecule has 1 aromatic rings. The molecule has 1 aliphatic rings. The molecule has 0 saturated carbocycles. The molecule has 0 spiro atoms. The molecule has 22 heavy (non-hydrogen) atoms. The lowest BCUT2D eigenvalue weighted by Crippen LogP contribution is -2.52. The van der Waals surface area contributed by atoms with Crippen molar-refractivity contribution < 1.29 is 17.9 Å². The molecular weight excluding hydrogens is 293 g/mol. The summed E-state index contributed by atoms with van der Waals surface area (Å²) in [6, 6.07) is 6.41. The maximum atomic E-state index is 12.2. The van der Waals surface area contributed by atoms with Gasteiger partial charge >= 0.3 is 6.36 Å². The molecule has 1 saturated heterocycles. The number of halogens is 3. The predicted octanol–water partition coefficient (Wildman–Crippen LogP) is 3.71. The zero-order valence-electron chi connectivity index (χ0n) is 13.2. The van der Waals surface area contributed by atoms with Crippen LogP contribution < -0.4 is 10.5 Å². The number of nitrogens with zero attached hydrogens (tertiary/aromatic N) is 1. The molecule has 0 aliphatic carbocycles. The number of nitrogens with two attached hydrogens (primary N) is 1. The van der Waals surface area contributed by atoms with Gasteiger partial charge in [0.1, 0.15) is 5.75 Å². The highest BCUT2D eigenvalue weighted by molar-refractivity contribution is 5.29.